The molecule has 0 bridgehead atoms. The maximum atomic E-state index is 12.7. The molecule has 0 fully saturated rings. The van der Waals surface area contributed by atoms with E-state index in [0.717, 1.165) is 5.56 Å². The van der Waals surface area contributed by atoms with Gasteiger partial charge in [-0.25, -0.2) is 9.78 Å². The molecule has 0 aliphatic carbocycles. The van der Waals surface area contributed by atoms with Crippen molar-refractivity contribution < 1.29 is 22.5 Å². The molecule has 0 unspecified atom stereocenters. The van der Waals surface area contributed by atoms with Gasteiger partial charge in [0.25, 0.3) is 0 Å². The van der Waals surface area contributed by atoms with Gasteiger partial charge in [0.2, 0.25) is 5.82 Å². The van der Waals surface area contributed by atoms with Crippen molar-refractivity contribution in [2.45, 2.75) is 19.3 Å². The van der Waals surface area contributed by atoms with Crippen LogP contribution in [0.2, 0.25) is 0 Å². The smallest absolute Gasteiger partial charge is 0.336 e. The molecule has 31 heavy (non-hydrogen) atoms. The first kappa shape index (κ1) is 20.4. The number of amides is 2. The number of nitrogens with one attached hydrogen (secondary N) is 2. The Kier molecular flexibility index (Phi) is 5.56. The fourth-order valence-electron chi connectivity index (χ4n) is 2.96. The molecule has 2 aromatic carbocycles. The van der Waals surface area contributed by atoms with Gasteiger partial charge in [-0.15, -0.1) is 0 Å². The summed E-state index contributed by atoms with van der Waals surface area (Å²) < 4.78 is 44.1. The zero-order valence-corrected chi connectivity index (χ0v) is 16.1. The lowest BCUT2D eigenvalue weighted by molar-refractivity contribution is -0.159. The van der Waals surface area contributed by atoms with Crippen LogP contribution in [0.3, 0.4) is 0 Å². The number of imidazole rings is 1. The largest absolute Gasteiger partial charge is 0.471 e. The number of halogens is 3. The zero-order valence-electron chi connectivity index (χ0n) is 16.1. The van der Waals surface area contributed by atoms with Crippen LogP contribution in [0, 0.1) is 0 Å². The molecule has 0 aliphatic rings. The lowest BCUT2D eigenvalue weighted by Crippen LogP contribution is -2.36. The monoisotopic (exact) mass is 430 g/mol. The van der Waals surface area contributed by atoms with E-state index in [2.05, 4.69) is 30.3 Å². The second-order valence-electron chi connectivity index (χ2n) is 6.66. The highest BCUT2D eigenvalue weighted by Gasteiger charge is 2.38. The van der Waals surface area contributed by atoms with E-state index in [1.807, 2.05) is 30.3 Å². The molecule has 11 heteroatoms. The predicted molar refractivity (Wildman–Crippen MR) is 105 cm³/mol. The number of benzene rings is 2. The summed E-state index contributed by atoms with van der Waals surface area (Å²) in [5.41, 5.74) is 2.67. The van der Waals surface area contributed by atoms with Gasteiger partial charge in [-0.1, -0.05) is 35.5 Å². The molecule has 8 nitrogen and oxygen atoms in total. The average molecular weight is 430 g/mol. The first-order chi connectivity index (χ1) is 14.9. The molecule has 0 saturated carbocycles. The van der Waals surface area contributed by atoms with Crippen molar-refractivity contribution in [3.05, 3.63) is 66.3 Å². The second kappa shape index (κ2) is 8.46. The van der Waals surface area contributed by atoms with Crippen molar-refractivity contribution in [2.24, 2.45) is 0 Å². The van der Waals surface area contributed by atoms with Gasteiger partial charge in [-0.2, -0.15) is 18.2 Å². The molecule has 160 valence electrons. The third-order valence-electron chi connectivity index (χ3n) is 4.48. The molecule has 4 rings (SSSR count). The Hall–Kier alpha value is -3.89. The first-order valence-electron chi connectivity index (χ1n) is 9.32. The van der Waals surface area contributed by atoms with E-state index in [-0.39, 0.29) is 11.9 Å². The number of rotatable bonds is 6. The van der Waals surface area contributed by atoms with E-state index < -0.39 is 12.1 Å². The van der Waals surface area contributed by atoms with Crippen molar-refractivity contribution in [1.29, 1.82) is 0 Å². The Bertz CT molecular complexity index is 1190. The average Bonchev–Trinajstić information content (AvgIpc) is 3.40. The summed E-state index contributed by atoms with van der Waals surface area (Å²) in [6, 6.07) is 14.1. The minimum absolute atomic E-state index is 0.166. The third-order valence-corrected chi connectivity index (χ3v) is 4.48. The summed E-state index contributed by atoms with van der Waals surface area (Å²) in [6.45, 7) is 1.16. The molecule has 2 heterocycles. The van der Waals surface area contributed by atoms with E-state index in [4.69, 9.17) is 0 Å². The maximum Gasteiger partial charge on any atom is 0.471 e. The molecule has 0 saturated heterocycles. The standard InChI is InChI=1S/C20H17F3N6O2/c21-20(22,23)18-27-17(28-31-18)14-6-7-15-16(10-14)29(12-26-15)9-8-24-19(30)25-11-13-4-2-1-3-5-13/h1-7,10,12H,8-9,11H2,(H2,24,25,30). The summed E-state index contributed by atoms with van der Waals surface area (Å²) in [6.07, 6.45) is -3.11. The summed E-state index contributed by atoms with van der Waals surface area (Å²) in [5, 5.41) is 8.93. The van der Waals surface area contributed by atoms with E-state index in [1.54, 1.807) is 29.1 Å². The Morgan fingerprint density at radius 1 is 1.10 bits per heavy atom. The fourth-order valence-corrected chi connectivity index (χ4v) is 2.96. The van der Waals surface area contributed by atoms with Crippen LogP contribution < -0.4 is 10.6 Å². The van der Waals surface area contributed by atoms with Gasteiger partial charge in [0, 0.05) is 25.2 Å². The van der Waals surface area contributed by atoms with Crippen LogP contribution in [0.4, 0.5) is 18.0 Å². The van der Waals surface area contributed by atoms with E-state index in [1.165, 1.54) is 0 Å². The number of hydrogen-bond acceptors (Lipinski definition) is 5. The summed E-state index contributed by atoms with van der Waals surface area (Å²) in [7, 11) is 0. The van der Waals surface area contributed by atoms with E-state index in [9.17, 15) is 18.0 Å². The van der Waals surface area contributed by atoms with Crippen LogP contribution in [-0.4, -0.2) is 32.3 Å². The topological polar surface area (TPSA) is 97.9 Å². The highest BCUT2D eigenvalue weighted by molar-refractivity contribution is 5.80. The quantitative estimate of drug-likeness (QED) is 0.487. The van der Waals surface area contributed by atoms with Crippen molar-refractivity contribution in [3.63, 3.8) is 0 Å². The van der Waals surface area contributed by atoms with Gasteiger partial charge >= 0.3 is 18.1 Å². The molecule has 2 aromatic heterocycles. The predicted octanol–water partition coefficient (Wildman–Crippen LogP) is 3.60. The van der Waals surface area contributed by atoms with E-state index >= 15 is 0 Å². The molecule has 0 atom stereocenters. The number of alkyl halides is 3. The molecular weight excluding hydrogens is 413 g/mol. The molecule has 2 N–H and O–H groups in total. The van der Waals surface area contributed by atoms with Crippen molar-refractivity contribution in [2.75, 3.05) is 6.54 Å². The number of aromatic nitrogens is 4. The van der Waals surface area contributed by atoms with Gasteiger partial charge in [-0.05, 0) is 23.8 Å². The number of hydrogen-bond donors (Lipinski definition) is 2. The van der Waals surface area contributed by atoms with Crippen molar-refractivity contribution in [1.82, 2.24) is 30.3 Å². The summed E-state index contributed by atoms with van der Waals surface area (Å²) in [5.74, 6) is -1.57. The highest BCUT2D eigenvalue weighted by atomic mass is 19.4. The lowest BCUT2D eigenvalue weighted by Gasteiger charge is -2.09. The van der Waals surface area contributed by atoms with Gasteiger partial charge in [0.05, 0.1) is 17.4 Å². The minimum Gasteiger partial charge on any atom is -0.336 e. The third kappa shape index (κ3) is 4.82. The van der Waals surface area contributed by atoms with Gasteiger partial charge in [-0.3, -0.25) is 0 Å². The SMILES string of the molecule is O=C(NCCn1cnc2ccc(-c3noc(C(F)(F)F)n3)cc21)NCc1ccccc1. The molecule has 0 radical (unpaired) electrons. The van der Waals surface area contributed by atoms with Gasteiger partial charge < -0.3 is 19.7 Å². The molecule has 0 spiro atoms. The van der Waals surface area contributed by atoms with Gasteiger partial charge in [0.15, 0.2) is 0 Å². The number of carbonyl (C=O) groups is 1. The van der Waals surface area contributed by atoms with Crippen LogP contribution >= 0.6 is 0 Å². The van der Waals surface area contributed by atoms with Crippen LogP contribution in [0.25, 0.3) is 22.4 Å². The van der Waals surface area contributed by atoms with Crippen LogP contribution in [-0.2, 0) is 19.3 Å². The zero-order chi connectivity index (χ0) is 21.8. The normalized spacial score (nSPS) is 11.6. The van der Waals surface area contributed by atoms with Crippen molar-refractivity contribution in [3.8, 4) is 11.4 Å². The van der Waals surface area contributed by atoms with Crippen LogP contribution in [0.5, 0.6) is 0 Å². The Morgan fingerprint density at radius 2 is 1.90 bits per heavy atom. The Labute approximate surface area is 174 Å². The number of nitrogens with zero attached hydrogens (tertiary/aromatic N) is 4. The summed E-state index contributed by atoms with van der Waals surface area (Å²) in [4.78, 5) is 19.6. The molecule has 4 aromatic rings. The minimum atomic E-state index is -4.70. The molecule has 0 aliphatic heterocycles. The fraction of sp³-hybridized carbons (Fsp3) is 0.200. The number of urea groups is 1. The van der Waals surface area contributed by atoms with Crippen molar-refractivity contribution >= 4 is 17.1 Å². The highest BCUT2D eigenvalue weighted by Crippen LogP contribution is 2.30. The lowest BCUT2D eigenvalue weighted by atomic mass is 10.2. The first-order valence-corrected chi connectivity index (χ1v) is 9.32. The van der Waals surface area contributed by atoms with Crippen LogP contribution in [0.1, 0.15) is 11.5 Å². The van der Waals surface area contributed by atoms with Crippen LogP contribution in [0.15, 0.2) is 59.4 Å². The number of fused-ring (bicyclic) bond motifs is 1. The maximum absolute atomic E-state index is 12.7. The summed E-state index contributed by atoms with van der Waals surface area (Å²) >= 11 is 0. The van der Waals surface area contributed by atoms with E-state index in [0.29, 0.717) is 36.2 Å². The Balaban J connectivity index is 1.39. The molecule has 2 amide bonds. The number of carbonyl (C=O) groups excluding carboxylic acids is 1. The second-order valence-corrected chi connectivity index (χ2v) is 6.66. The van der Waals surface area contributed by atoms with Gasteiger partial charge in [0.1, 0.15) is 0 Å². The Morgan fingerprint density at radius 3 is 2.65 bits per heavy atom. The molecular formula is C20H17F3N6O2.